The van der Waals surface area contributed by atoms with Crippen molar-refractivity contribution in [2.45, 2.75) is 38.5 Å². The van der Waals surface area contributed by atoms with E-state index in [1.807, 2.05) is 11.8 Å². The van der Waals surface area contributed by atoms with Crippen LogP contribution in [0.25, 0.3) is 0 Å². The molecule has 0 spiro atoms. The van der Waals surface area contributed by atoms with Crippen molar-refractivity contribution in [1.29, 1.82) is 0 Å². The normalized spacial score (nSPS) is 21.0. The van der Waals surface area contributed by atoms with E-state index in [0.29, 0.717) is 12.1 Å². The van der Waals surface area contributed by atoms with Crippen LogP contribution in [0.3, 0.4) is 0 Å². The number of aryl methyl sites for hydroxylation is 1. The summed E-state index contributed by atoms with van der Waals surface area (Å²) in [6.45, 7) is 5.91. The van der Waals surface area contributed by atoms with Crippen molar-refractivity contribution < 1.29 is 9.59 Å². The summed E-state index contributed by atoms with van der Waals surface area (Å²) in [5.41, 5.74) is 1.27. The Morgan fingerprint density at radius 3 is 2.58 bits per heavy atom. The van der Waals surface area contributed by atoms with Crippen molar-refractivity contribution >= 4 is 11.8 Å². The number of aromatic nitrogens is 2. The summed E-state index contributed by atoms with van der Waals surface area (Å²) in [5, 5.41) is 0. The first-order chi connectivity index (χ1) is 12.5. The van der Waals surface area contributed by atoms with Crippen LogP contribution >= 0.6 is 0 Å². The third-order valence-corrected chi connectivity index (χ3v) is 5.32. The van der Waals surface area contributed by atoms with Gasteiger partial charge in [-0.05, 0) is 39.2 Å². The number of likely N-dealkylation sites (tertiary alicyclic amines) is 2. The first-order valence-electron chi connectivity index (χ1n) is 9.51. The zero-order valence-corrected chi connectivity index (χ0v) is 16.1. The number of carbonyl (C=O) groups is 2. The Morgan fingerprint density at radius 1 is 1.19 bits per heavy atom. The molecule has 1 aromatic heterocycles. The van der Waals surface area contributed by atoms with Crippen LogP contribution in [0.5, 0.6) is 0 Å². The highest BCUT2D eigenvalue weighted by atomic mass is 16.2. The fraction of sp³-hybridized carbons (Fsp3) is 0.684. The van der Waals surface area contributed by atoms with E-state index < -0.39 is 0 Å². The largest absolute Gasteiger partial charge is 0.345 e. The SMILES string of the molecule is Cc1nc([C@@H]2CCCN(CC(=O)N3CCCC3)C2)ncc1C(=O)N(C)C. The van der Waals surface area contributed by atoms with E-state index in [2.05, 4.69) is 14.9 Å². The third-order valence-electron chi connectivity index (χ3n) is 5.32. The molecular formula is C19H29N5O2. The van der Waals surface area contributed by atoms with Gasteiger partial charge < -0.3 is 9.80 Å². The van der Waals surface area contributed by atoms with Gasteiger partial charge in [-0.25, -0.2) is 9.97 Å². The Labute approximate surface area is 155 Å². The average Bonchev–Trinajstić information content (AvgIpc) is 3.16. The van der Waals surface area contributed by atoms with Crippen molar-refractivity contribution in [3.05, 3.63) is 23.3 Å². The molecule has 2 aliphatic heterocycles. The maximum atomic E-state index is 12.4. The van der Waals surface area contributed by atoms with Gasteiger partial charge in [0.1, 0.15) is 5.82 Å². The molecule has 0 bridgehead atoms. The Balaban J connectivity index is 1.64. The molecule has 0 radical (unpaired) electrons. The molecule has 26 heavy (non-hydrogen) atoms. The lowest BCUT2D eigenvalue weighted by Crippen LogP contribution is -2.43. The molecule has 2 saturated heterocycles. The summed E-state index contributed by atoms with van der Waals surface area (Å²) in [5.74, 6) is 1.18. The molecule has 3 rings (SSSR count). The third kappa shape index (κ3) is 4.20. The number of hydrogen-bond acceptors (Lipinski definition) is 5. The molecule has 2 amide bonds. The molecule has 142 valence electrons. The van der Waals surface area contributed by atoms with Crippen LogP contribution in [0.15, 0.2) is 6.20 Å². The number of piperidine rings is 1. The molecule has 0 aliphatic carbocycles. The molecule has 0 N–H and O–H groups in total. The van der Waals surface area contributed by atoms with Crippen LogP contribution in [0.1, 0.15) is 53.5 Å². The molecule has 1 atom stereocenters. The van der Waals surface area contributed by atoms with Crippen molar-refractivity contribution in [2.24, 2.45) is 0 Å². The molecule has 2 aliphatic rings. The summed E-state index contributed by atoms with van der Waals surface area (Å²) in [6.07, 6.45) is 5.96. The number of nitrogens with zero attached hydrogens (tertiary/aromatic N) is 5. The number of rotatable bonds is 4. The zero-order valence-electron chi connectivity index (χ0n) is 16.1. The molecule has 7 nitrogen and oxygen atoms in total. The summed E-state index contributed by atoms with van der Waals surface area (Å²) < 4.78 is 0. The topological polar surface area (TPSA) is 69.6 Å². The van der Waals surface area contributed by atoms with Gasteiger partial charge >= 0.3 is 0 Å². The van der Waals surface area contributed by atoms with Gasteiger partial charge in [0.05, 0.1) is 17.8 Å². The van der Waals surface area contributed by atoms with Crippen LogP contribution in [-0.2, 0) is 4.79 Å². The van der Waals surface area contributed by atoms with Crippen LogP contribution in [0, 0.1) is 6.92 Å². The summed E-state index contributed by atoms with van der Waals surface area (Å²) in [4.78, 5) is 39.4. The first-order valence-corrected chi connectivity index (χ1v) is 9.51. The summed E-state index contributed by atoms with van der Waals surface area (Å²) in [6, 6.07) is 0. The smallest absolute Gasteiger partial charge is 0.256 e. The predicted octanol–water partition coefficient (Wildman–Crippen LogP) is 1.29. The highest BCUT2D eigenvalue weighted by Crippen LogP contribution is 2.25. The van der Waals surface area contributed by atoms with Crippen LogP contribution in [0.2, 0.25) is 0 Å². The first kappa shape index (κ1) is 18.8. The Kier molecular flexibility index (Phi) is 5.86. The van der Waals surface area contributed by atoms with Gasteiger partial charge in [-0.3, -0.25) is 14.5 Å². The maximum Gasteiger partial charge on any atom is 0.256 e. The molecule has 3 heterocycles. The average molecular weight is 359 g/mol. The van der Waals surface area contributed by atoms with E-state index in [-0.39, 0.29) is 17.7 Å². The summed E-state index contributed by atoms with van der Waals surface area (Å²) in [7, 11) is 3.46. The molecule has 2 fully saturated rings. The van der Waals surface area contributed by atoms with Gasteiger partial charge in [0.25, 0.3) is 5.91 Å². The van der Waals surface area contributed by atoms with Gasteiger partial charge in [0.15, 0.2) is 0 Å². The zero-order chi connectivity index (χ0) is 18.7. The lowest BCUT2D eigenvalue weighted by molar-refractivity contribution is -0.131. The van der Waals surface area contributed by atoms with E-state index in [4.69, 9.17) is 0 Å². The van der Waals surface area contributed by atoms with Crippen molar-refractivity contribution in [1.82, 2.24) is 24.7 Å². The molecule has 0 unspecified atom stereocenters. The van der Waals surface area contributed by atoms with Crippen molar-refractivity contribution in [3.8, 4) is 0 Å². The molecular weight excluding hydrogens is 330 g/mol. The minimum absolute atomic E-state index is 0.0736. The lowest BCUT2D eigenvalue weighted by atomic mass is 9.97. The summed E-state index contributed by atoms with van der Waals surface area (Å²) >= 11 is 0. The molecule has 1 aromatic rings. The van der Waals surface area contributed by atoms with Gasteiger partial charge in [-0.2, -0.15) is 0 Å². The second-order valence-electron chi connectivity index (χ2n) is 7.59. The second kappa shape index (κ2) is 8.12. The van der Waals surface area contributed by atoms with E-state index in [9.17, 15) is 9.59 Å². The van der Waals surface area contributed by atoms with Crippen LogP contribution in [-0.4, -0.2) is 83.3 Å². The standard InChI is InChI=1S/C19H29N5O2/c1-14-16(19(26)22(2)3)11-20-18(21-14)15-7-6-8-23(12-15)13-17(25)24-9-4-5-10-24/h11,15H,4-10,12-13H2,1-3H3/t15-/m1/s1. The van der Waals surface area contributed by atoms with E-state index in [0.717, 1.165) is 63.4 Å². The minimum atomic E-state index is -0.0736. The Bertz CT molecular complexity index is 670. The minimum Gasteiger partial charge on any atom is -0.345 e. The molecule has 0 saturated carbocycles. The number of hydrogen-bond donors (Lipinski definition) is 0. The number of carbonyl (C=O) groups excluding carboxylic acids is 2. The quantitative estimate of drug-likeness (QED) is 0.810. The van der Waals surface area contributed by atoms with Crippen molar-refractivity contribution in [3.63, 3.8) is 0 Å². The van der Waals surface area contributed by atoms with Gasteiger partial charge in [0, 0.05) is 45.8 Å². The van der Waals surface area contributed by atoms with Gasteiger partial charge in [-0.1, -0.05) is 0 Å². The van der Waals surface area contributed by atoms with Gasteiger partial charge in [0.2, 0.25) is 5.91 Å². The predicted molar refractivity (Wildman–Crippen MR) is 99.0 cm³/mol. The van der Waals surface area contributed by atoms with E-state index >= 15 is 0 Å². The lowest BCUT2D eigenvalue weighted by Gasteiger charge is -2.32. The Morgan fingerprint density at radius 2 is 1.92 bits per heavy atom. The highest BCUT2D eigenvalue weighted by molar-refractivity contribution is 5.94. The fourth-order valence-electron chi connectivity index (χ4n) is 3.80. The second-order valence-corrected chi connectivity index (χ2v) is 7.59. The maximum absolute atomic E-state index is 12.4. The number of amides is 2. The van der Waals surface area contributed by atoms with Crippen LogP contribution < -0.4 is 0 Å². The monoisotopic (exact) mass is 359 g/mol. The van der Waals surface area contributed by atoms with Crippen LogP contribution in [0.4, 0.5) is 0 Å². The molecule has 0 aromatic carbocycles. The Hall–Kier alpha value is -2.02. The highest BCUT2D eigenvalue weighted by Gasteiger charge is 2.27. The van der Waals surface area contributed by atoms with Gasteiger partial charge in [-0.15, -0.1) is 0 Å². The van der Waals surface area contributed by atoms with E-state index in [1.165, 1.54) is 4.90 Å². The van der Waals surface area contributed by atoms with Crippen molar-refractivity contribution in [2.75, 3.05) is 46.8 Å². The molecule has 7 heteroatoms. The fourth-order valence-corrected chi connectivity index (χ4v) is 3.80. The van der Waals surface area contributed by atoms with E-state index in [1.54, 1.807) is 20.3 Å².